The van der Waals surface area contributed by atoms with Crippen LogP contribution in [-0.2, 0) is 26.0 Å². The Kier molecular flexibility index (Phi) is 8.08. The van der Waals surface area contributed by atoms with E-state index in [0.29, 0.717) is 18.7 Å². The lowest BCUT2D eigenvalue weighted by Gasteiger charge is -2.34. The summed E-state index contributed by atoms with van der Waals surface area (Å²) in [5, 5.41) is 12.7. The van der Waals surface area contributed by atoms with Crippen LogP contribution in [0.25, 0.3) is 0 Å². The molecule has 0 spiro atoms. The molecule has 182 valence electrons. The monoisotopic (exact) mass is 487 g/mol. The van der Waals surface area contributed by atoms with Crippen molar-refractivity contribution < 1.29 is 28.1 Å². The smallest absolute Gasteiger partial charge is 0.319 e. The van der Waals surface area contributed by atoms with Crippen LogP contribution in [0.5, 0.6) is 0 Å². The van der Waals surface area contributed by atoms with Gasteiger partial charge in [0.2, 0.25) is 10.0 Å². The normalized spacial score (nSPS) is 19.4. The van der Waals surface area contributed by atoms with Gasteiger partial charge in [-0.1, -0.05) is 35.9 Å². The Morgan fingerprint density at radius 3 is 2.53 bits per heavy atom. The SMILES string of the molecule is CCOC(=O)[C@H]1/C(=C\[NH2+]CCc2ccc(S(N)(=O)=O)cc2)NC(=O)N[C@@H]1c1cc(C)ccc1C. The molecule has 2 atom stereocenters. The van der Waals surface area contributed by atoms with Gasteiger partial charge in [-0.05, 0) is 49.6 Å². The Morgan fingerprint density at radius 2 is 1.88 bits per heavy atom. The van der Waals surface area contributed by atoms with Gasteiger partial charge in [0.05, 0.1) is 29.8 Å². The highest BCUT2D eigenvalue weighted by Crippen LogP contribution is 2.33. The van der Waals surface area contributed by atoms with Crippen LogP contribution in [0.1, 0.15) is 35.2 Å². The molecule has 0 bridgehead atoms. The molecule has 2 aromatic carbocycles. The molecule has 0 saturated carbocycles. The van der Waals surface area contributed by atoms with E-state index in [1.165, 1.54) is 12.1 Å². The molecule has 9 nitrogen and oxygen atoms in total. The third-order valence-corrected chi connectivity index (χ3v) is 6.60. The van der Waals surface area contributed by atoms with Gasteiger partial charge in [-0.25, -0.2) is 18.4 Å². The first-order valence-electron chi connectivity index (χ1n) is 11.1. The molecular formula is C24H31N4O5S+. The number of nitrogens with one attached hydrogen (secondary N) is 2. The maximum absolute atomic E-state index is 12.9. The summed E-state index contributed by atoms with van der Waals surface area (Å²) in [6, 6.07) is 11.4. The molecule has 6 N–H and O–H groups in total. The first-order valence-corrected chi connectivity index (χ1v) is 12.6. The van der Waals surface area contributed by atoms with Crippen molar-refractivity contribution in [3.05, 3.63) is 76.6 Å². The minimum atomic E-state index is -3.72. The molecule has 1 heterocycles. The zero-order chi connectivity index (χ0) is 24.9. The molecule has 1 aliphatic rings. The van der Waals surface area contributed by atoms with Crippen molar-refractivity contribution in [2.75, 3.05) is 13.2 Å². The van der Waals surface area contributed by atoms with Crippen LogP contribution < -0.4 is 21.1 Å². The zero-order valence-electron chi connectivity index (χ0n) is 19.5. The fourth-order valence-corrected chi connectivity index (χ4v) is 4.46. The summed E-state index contributed by atoms with van der Waals surface area (Å²) in [6.45, 7) is 6.50. The second-order valence-corrected chi connectivity index (χ2v) is 9.81. The summed E-state index contributed by atoms with van der Waals surface area (Å²) in [4.78, 5) is 25.5. The van der Waals surface area contributed by atoms with E-state index in [1.54, 1.807) is 25.3 Å². The summed E-state index contributed by atoms with van der Waals surface area (Å²) in [5.74, 6) is -1.14. The van der Waals surface area contributed by atoms with Crippen molar-refractivity contribution in [3.8, 4) is 0 Å². The molecule has 0 aromatic heterocycles. The number of aryl methyl sites for hydroxylation is 2. The zero-order valence-corrected chi connectivity index (χ0v) is 20.3. The average molecular weight is 488 g/mol. The molecule has 10 heteroatoms. The largest absolute Gasteiger partial charge is 0.465 e. The van der Waals surface area contributed by atoms with Crippen molar-refractivity contribution in [2.45, 2.75) is 38.1 Å². The van der Waals surface area contributed by atoms with E-state index < -0.39 is 28.0 Å². The predicted molar refractivity (Wildman–Crippen MR) is 127 cm³/mol. The Labute approximate surface area is 199 Å². The summed E-state index contributed by atoms with van der Waals surface area (Å²) in [5.41, 5.74) is 4.28. The highest BCUT2D eigenvalue weighted by atomic mass is 32.2. The third-order valence-electron chi connectivity index (χ3n) is 5.67. The van der Waals surface area contributed by atoms with E-state index in [-0.39, 0.29) is 17.5 Å². The van der Waals surface area contributed by atoms with Gasteiger partial charge in [0, 0.05) is 6.42 Å². The minimum absolute atomic E-state index is 0.0644. The number of nitrogens with two attached hydrogens (primary N) is 2. The number of carbonyl (C=O) groups is 2. The highest BCUT2D eigenvalue weighted by Gasteiger charge is 2.41. The van der Waals surface area contributed by atoms with Crippen LogP contribution in [0.4, 0.5) is 4.79 Å². The minimum Gasteiger partial charge on any atom is -0.465 e. The van der Waals surface area contributed by atoms with E-state index in [2.05, 4.69) is 10.6 Å². The van der Waals surface area contributed by atoms with Crippen LogP contribution in [0.15, 0.2) is 59.3 Å². The van der Waals surface area contributed by atoms with E-state index in [0.717, 1.165) is 22.3 Å². The Bertz CT molecular complexity index is 1190. The summed E-state index contributed by atoms with van der Waals surface area (Å²) < 4.78 is 28.1. The van der Waals surface area contributed by atoms with E-state index in [1.807, 2.05) is 37.4 Å². The molecule has 3 rings (SSSR count). The number of benzene rings is 2. The topological polar surface area (TPSA) is 144 Å². The Morgan fingerprint density at radius 1 is 1.18 bits per heavy atom. The second kappa shape index (κ2) is 10.8. The van der Waals surface area contributed by atoms with Gasteiger partial charge in [-0.3, -0.25) is 4.79 Å². The van der Waals surface area contributed by atoms with E-state index in [9.17, 15) is 18.0 Å². The molecule has 1 saturated heterocycles. The fourth-order valence-electron chi connectivity index (χ4n) is 3.95. The van der Waals surface area contributed by atoms with Gasteiger partial charge in [0.15, 0.2) is 0 Å². The van der Waals surface area contributed by atoms with Crippen LogP contribution in [-0.4, -0.2) is 33.6 Å². The molecule has 0 unspecified atom stereocenters. The first kappa shape index (κ1) is 25.4. The summed E-state index contributed by atoms with van der Waals surface area (Å²) >= 11 is 0. The Hall–Kier alpha value is -3.21. The Balaban J connectivity index is 1.79. The number of quaternary nitrogens is 1. The molecule has 0 aliphatic carbocycles. The van der Waals surface area contributed by atoms with Gasteiger partial charge >= 0.3 is 12.0 Å². The predicted octanol–water partition coefficient (Wildman–Crippen LogP) is 1.13. The molecule has 34 heavy (non-hydrogen) atoms. The van der Waals surface area contributed by atoms with Crippen LogP contribution >= 0.6 is 0 Å². The number of esters is 1. The standard InChI is InChI=1S/C24H30N4O5S/c1-4-33-23(29)21-20(14-26-12-11-17-7-9-18(10-8-17)34(25,31)32)27-24(30)28-22(21)19-13-15(2)5-6-16(19)3/h5-10,13-14,21-22,26H,4,11-12H2,1-3H3,(H2,25,31,32)(H2,27,28,30)/p+1/b20-14+/t21-,22+/m0/s1. The third kappa shape index (κ3) is 6.22. The fraction of sp³-hybridized carbons (Fsp3) is 0.333. The second-order valence-electron chi connectivity index (χ2n) is 8.25. The van der Waals surface area contributed by atoms with Gasteiger partial charge in [-0.2, -0.15) is 0 Å². The van der Waals surface area contributed by atoms with Crippen LogP contribution in [0, 0.1) is 19.8 Å². The van der Waals surface area contributed by atoms with Gasteiger partial charge in [0.1, 0.15) is 12.1 Å². The van der Waals surface area contributed by atoms with Crippen LogP contribution in [0.2, 0.25) is 0 Å². The summed E-state index contributed by atoms with van der Waals surface area (Å²) in [7, 11) is -3.72. The molecule has 2 aromatic rings. The van der Waals surface area contributed by atoms with E-state index >= 15 is 0 Å². The number of hydrogen-bond donors (Lipinski definition) is 4. The number of primary sulfonamides is 1. The quantitative estimate of drug-likeness (QED) is 0.326. The number of rotatable bonds is 8. The molecule has 1 fully saturated rings. The number of urea groups is 1. The van der Waals surface area contributed by atoms with Crippen molar-refractivity contribution >= 4 is 22.0 Å². The van der Waals surface area contributed by atoms with Crippen molar-refractivity contribution in [1.29, 1.82) is 0 Å². The highest BCUT2D eigenvalue weighted by molar-refractivity contribution is 7.89. The number of amides is 2. The summed E-state index contributed by atoms with van der Waals surface area (Å²) in [6.07, 6.45) is 2.39. The van der Waals surface area contributed by atoms with E-state index in [4.69, 9.17) is 9.88 Å². The molecule has 2 amide bonds. The number of carbonyl (C=O) groups excluding carboxylic acids is 2. The van der Waals surface area contributed by atoms with Gasteiger partial charge in [-0.15, -0.1) is 0 Å². The molecule has 0 radical (unpaired) electrons. The molecular weight excluding hydrogens is 456 g/mol. The first-order chi connectivity index (χ1) is 16.1. The maximum Gasteiger partial charge on any atom is 0.319 e. The van der Waals surface area contributed by atoms with Gasteiger partial charge in [0.25, 0.3) is 0 Å². The average Bonchev–Trinajstić information content (AvgIpc) is 2.77. The van der Waals surface area contributed by atoms with Crippen molar-refractivity contribution in [2.24, 2.45) is 11.1 Å². The number of sulfonamides is 1. The van der Waals surface area contributed by atoms with Crippen molar-refractivity contribution in [1.82, 2.24) is 10.6 Å². The molecule has 1 aliphatic heterocycles. The number of ether oxygens (including phenoxy) is 1. The lowest BCUT2D eigenvalue weighted by Crippen LogP contribution is -2.79. The van der Waals surface area contributed by atoms with Crippen molar-refractivity contribution in [3.63, 3.8) is 0 Å². The number of hydrogen-bond acceptors (Lipinski definition) is 5. The lowest BCUT2D eigenvalue weighted by molar-refractivity contribution is -0.588. The lowest BCUT2D eigenvalue weighted by atomic mass is 9.86. The van der Waals surface area contributed by atoms with Crippen LogP contribution in [0.3, 0.4) is 0 Å². The van der Waals surface area contributed by atoms with Gasteiger partial charge < -0.3 is 20.7 Å². The maximum atomic E-state index is 12.9.